The number of rotatable bonds is 2. The van der Waals surface area contributed by atoms with Crippen molar-refractivity contribution in [3.63, 3.8) is 0 Å². The average molecular weight is 230 g/mol. The largest absolute Gasteiger partial charge is 0.461 e. The minimum Gasteiger partial charge on any atom is -0.461 e. The summed E-state index contributed by atoms with van der Waals surface area (Å²) in [6.07, 6.45) is 5.37. The molecule has 2 aromatic rings. The van der Waals surface area contributed by atoms with E-state index in [9.17, 15) is 0 Å². The summed E-state index contributed by atoms with van der Waals surface area (Å²) in [6.45, 7) is 10.3. The zero-order chi connectivity index (χ0) is 12.8. The van der Waals surface area contributed by atoms with Crippen LogP contribution in [0, 0.1) is 13.8 Å². The third-order valence-corrected chi connectivity index (χ3v) is 2.59. The van der Waals surface area contributed by atoms with Crippen molar-refractivity contribution in [1.82, 2.24) is 0 Å². The molecule has 0 bridgehead atoms. The lowest BCUT2D eigenvalue weighted by atomic mass is 10.1. The monoisotopic (exact) mass is 230 g/mol. The molecule has 0 saturated heterocycles. The van der Waals surface area contributed by atoms with E-state index in [0.717, 1.165) is 17.8 Å². The van der Waals surface area contributed by atoms with Crippen molar-refractivity contribution >= 4 is 17.0 Å². The first-order valence-corrected chi connectivity index (χ1v) is 6.38. The maximum Gasteiger partial charge on any atom is 0.134 e. The Morgan fingerprint density at radius 1 is 1.18 bits per heavy atom. The fourth-order valence-electron chi connectivity index (χ4n) is 1.80. The zero-order valence-electron chi connectivity index (χ0n) is 11.5. The highest BCUT2D eigenvalue weighted by molar-refractivity contribution is 5.88. The van der Waals surface area contributed by atoms with Crippen LogP contribution in [0.2, 0.25) is 0 Å². The third kappa shape index (κ3) is 3.00. The summed E-state index contributed by atoms with van der Waals surface area (Å²) in [5.74, 6) is 1.00. The van der Waals surface area contributed by atoms with E-state index < -0.39 is 0 Å². The van der Waals surface area contributed by atoms with Gasteiger partial charge in [0.1, 0.15) is 11.3 Å². The molecule has 0 aliphatic rings. The van der Waals surface area contributed by atoms with Crippen LogP contribution in [0.5, 0.6) is 0 Å². The number of aryl methyl sites for hydroxylation is 2. The molecule has 1 aromatic carbocycles. The summed E-state index contributed by atoms with van der Waals surface area (Å²) in [7, 11) is 0. The van der Waals surface area contributed by atoms with Gasteiger partial charge in [-0.2, -0.15) is 0 Å². The van der Waals surface area contributed by atoms with Crippen LogP contribution < -0.4 is 0 Å². The Morgan fingerprint density at radius 3 is 2.53 bits per heavy atom. The third-order valence-electron chi connectivity index (χ3n) is 2.59. The molecule has 0 unspecified atom stereocenters. The highest BCUT2D eigenvalue weighted by atomic mass is 16.3. The Balaban J connectivity index is 0.000000686. The lowest BCUT2D eigenvalue weighted by Crippen LogP contribution is -1.74. The molecule has 0 amide bonds. The zero-order valence-corrected chi connectivity index (χ0v) is 11.5. The maximum absolute atomic E-state index is 5.70. The fourth-order valence-corrected chi connectivity index (χ4v) is 1.80. The van der Waals surface area contributed by atoms with Gasteiger partial charge < -0.3 is 4.42 Å². The van der Waals surface area contributed by atoms with Gasteiger partial charge in [-0.05, 0) is 32.4 Å². The van der Waals surface area contributed by atoms with Gasteiger partial charge in [0.05, 0.1) is 0 Å². The Kier molecular flexibility index (Phi) is 5.02. The maximum atomic E-state index is 5.70. The standard InChI is InChI=1S/C14H16O.C2H6/c1-4-5-6-12-11(3)15-14-8-7-10(2)9-13(12)14;1-2/h5-9H,4H2,1-3H3;1-2H3/b6-5-;. The van der Waals surface area contributed by atoms with Crippen LogP contribution in [-0.2, 0) is 0 Å². The molecule has 92 valence electrons. The minimum absolute atomic E-state index is 0.980. The second kappa shape index (κ2) is 6.29. The predicted octanol–water partition coefficient (Wildman–Crippen LogP) is 5.50. The smallest absolute Gasteiger partial charge is 0.134 e. The highest BCUT2D eigenvalue weighted by Crippen LogP contribution is 2.27. The summed E-state index contributed by atoms with van der Waals surface area (Å²) in [6, 6.07) is 6.31. The second-order valence-corrected chi connectivity index (χ2v) is 3.88. The Hall–Kier alpha value is -1.50. The molecule has 0 aliphatic carbocycles. The molecule has 0 saturated carbocycles. The van der Waals surface area contributed by atoms with Crippen LogP contribution in [0.3, 0.4) is 0 Å². The molecule has 2 rings (SSSR count). The van der Waals surface area contributed by atoms with Gasteiger partial charge in [-0.25, -0.2) is 0 Å². The quantitative estimate of drug-likeness (QED) is 0.664. The molecule has 1 heterocycles. The minimum atomic E-state index is 0.980. The Morgan fingerprint density at radius 2 is 1.88 bits per heavy atom. The first-order valence-electron chi connectivity index (χ1n) is 6.38. The molecule has 1 nitrogen and oxygen atoms in total. The first-order chi connectivity index (χ1) is 8.22. The Bertz CT molecular complexity index is 503. The second-order valence-electron chi connectivity index (χ2n) is 3.88. The van der Waals surface area contributed by atoms with Crippen LogP contribution in [0.4, 0.5) is 0 Å². The van der Waals surface area contributed by atoms with Gasteiger partial charge in [0, 0.05) is 10.9 Å². The molecule has 0 atom stereocenters. The van der Waals surface area contributed by atoms with Crippen LogP contribution in [0.25, 0.3) is 17.0 Å². The van der Waals surface area contributed by atoms with Crippen molar-refractivity contribution in [2.45, 2.75) is 41.0 Å². The van der Waals surface area contributed by atoms with Gasteiger partial charge in [0.15, 0.2) is 0 Å². The van der Waals surface area contributed by atoms with Gasteiger partial charge in [-0.3, -0.25) is 0 Å². The SMILES string of the molecule is CC.CC/C=C\c1c(C)oc2ccc(C)cc12. The molecular weight excluding hydrogens is 208 g/mol. The molecular formula is C16H22O. The van der Waals surface area contributed by atoms with Gasteiger partial charge in [-0.15, -0.1) is 0 Å². The molecule has 1 aromatic heterocycles. The molecule has 0 spiro atoms. The van der Waals surface area contributed by atoms with Gasteiger partial charge >= 0.3 is 0 Å². The number of benzene rings is 1. The summed E-state index contributed by atoms with van der Waals surface area (Å²) in [4.78, 5) is 0. The summed E-state index contributed by atoms with van der Waals surface area (Å²) >= 11 is 0. The highest BCUT2D eigenvalue weighted by Gasteiger charge is 2.07. The van der Waals surface area contributed by atoms with Crippen LogP contribution in [-0.4, -0.2) is 0 Å². The van der Waals surface area contributed by atoms with E-state index in [2.05, 4.69) is 38.1 Å². The van der Waals surface area contributed by atoms with Crippen LogP contribution >= 0.6 is 0 Å². The van der Waals surface area contributed by atoms with E-state index in [1.165, 1.54) is 16.5 Å². The van der Waals surface area contributed by atoms with Crippen LogP contribution in [0.15, 0.2) is 28.7 Å². The number of furan rings is 1. The summed E-state index contributed by atoms with van der Waals surface area (Å²) in [5, 5.41) is 1.22. The summed E-state index contributed by atoms with van der Waals surface area (Å²) < 4.78 is 5.70. The number of hydrogen-bond acceptors (Lipinski definition) is 1. The first kappa shape index (κ1) is 13.6. The normalized spacial score (nSPS) is 10.6. The molecule has 0 N–H and O–H groups in total. The summed E-state index contributed by atoms with van der Waals surface area (Å²) in [5.41, 5.74) is 3.47. The molecule has 1 heteroatoms. The van der Waals surface area contributed by atoms with E-state index in [1.54, 1.807) is 0 Å². The van der Waals surface area contributed by atoms with Crippen molar-refractivity contribution in [2.24, 2.45) is 0 Å². The molecule has 0 aliphatic heterocycles. The number of allylic oxidation sites excluding steroid dienone is 1. The van der Waals surface area contributed by atoms with Gasteiger partial charge in [0.2, 0.25) is 0 Å². The van der Waals surface area contributed by atoms with Gasteiger partial charge in [0.25, 0.3) is 0 Å². The topological polar surface area (TPSA) is 13.1 Å². The van der Waals surface area contributed by atoms with Crippen molar-refractivity contribution in [3.8, 4) is 0 Å². The van der Waals surface area contributed by atoms with Crippen molar-refractivity contribution in [1.29, 1.82) is 0 Å². The average Bonchev–Trinajstić information content (AvgIpc) is 2.65. The van der Waals surface area contributed by atoms with Gasteiger partial charge in [-0.1, -0.05) is 44.6 Å². The predicted molar refractivity (Wildman–Crippen MR) is 76.4 cm³/mol. The van der Waals surface area contributed by atoms with E-state index in [0.29, 0.717) is 0 Å². The van der Waals surface area contributed by atoms with Crippen molar-refractivity contribution < 1.29 is 4.42 Å². The van der Waals surface area contributed by atoms with E-state index >= 15 is 0 Å². The molecule has 0 fully saturated rings. The number of fused-ring (bicyclic) bond motifs is 1. The lowest BCUT2D eigenvalue weighted by molar-refractivity contribution is 0.577. The lowest BCUT2D eigenvalue weighted by Gasteiger charge is -1.93. The number of hydrogen-bond donors (Lipinski definition) is 0. The van der Waals surface area contributed by atoms with Crippen LogP contribution in [0.1, 0.15) is 44.1 Å². The van der Waals surface area contributed by atoms with Crippen molar-refractivity contribution in [3.05, 3.63) is 41.2 Å². The van der Waals surface area contributed by atoms with E-state index in [1.807, 2.05) is 26.8 Å². The fraction of sp³-hybridized carbons (Fsp3) is 0.375. The van der Waals surface area contributed by atoms with E-state index in [4.69, 9.17) is 4.42 Å². The van der Waals surface area contributed by atoms with Crippen molar-refractivity contribution in [2.75, 3.05) is 0 Å². The molecule has 17 heavy (non-hydrogen) atoms. The molecule has 0 radical (unpaired) electrons. The van der Waals surface area contributed by atoms with E-state index in [-0.39, 0.29) is 0 Å². The Labute approximate surface area is 104 Å².